The summed E-state index contributed by atoms with van der Waals surface area (Å²) < 4.78 is 5.41. The van der Waals surface area contributed by atoms with Crippen LogP contribution in [-0.2, 0) is 24.2 Å². The van der Waals surface area contributed by atoms with Gasteiger partial charge < -0.3 is 10.1 Å². The molecule has 1 N–H and O–H groups in total. The number of aryl methyl sites for hydroxylation is 1. The minimum atomic E-state index is 0.772. The summed E-state index contributed by atoms with van der Waals surface area (Å²) in [5.41, 5.74) is 1.33. The van der Waals surface area contributed by atoms with Gasteiger partial charge in [-0.1, -0.05) is 13.3 Å². The number of nitrogens with zero attached hydrogens (tertiary/aromatic N) is 2. The van der Waals surface area contributed by atoms with Crippen LogP contribution in [0.25, 0.3) is 0 Å². The van der Waals surface area contributed by atoms with Crippen molar-refractivity contribution in [2.45, 2.75) is 51.7 Å². The van der Waals surface area contributed by atoms with Gasteiger partial charge in [0.05, 0.1) is 25.5 Å². The summed E-state index contributed by atoms with van der Waals surface area (Å²) in [7, 11) is 0. The van der Waals surface area contributed by atoms with E-state index in [0.717, 1.165) is 51.9 Å². The van der Waals surface area contributed by atoms with Gasteiger partial charge in [-0.05, 0) is 19.3 Å². The lowest BCUT2D eigenvalue weighted by atomic mass is 10.2. The maximum Gasteiger partial charge on any atom is 0.107 e. The molecular formula is C15H25N3OS. The number of hydrogen-bond donors (Lipinski definition) is 1. The van der Waals surface area contributed by atoms with E-state index in [1.807, 2.05) is 11.3 Å². The van der Waals surface area contributed by atoms with Gasteiger partial charge in [-0.15, -0.1) is 11.3 Å². The topological polar surface area (TPSA) is 37.4 Å². The van der Waals surface area contributed by atoms with E-state index in [2.05, 4.69) is 17.1 Å². The van der Waals surface area contributed by atoms with Crippen molar-refractivity contribution in [1.82, 2.24) is 15.2 Å². The van der Waals surface area contributed by atoms with Crippen molar-refractivity contribution < 1.29 is 4.74 Å². The van der Waals surface area contributed by atoms with Gasteiger partial charge in [0.15, 0.2) is 0 Å². The summed E-state index contributed by atoms with van der Waals surface area (Å²) in [4.78, 5) is 8.80. The number of hydrogen-bond acceptors (Lipinski definition) is 5. The van der Waals surface area contributed by atoms with Crippen molar-refractivity contribution in [3.05, 3.63) is 15.6 Å². The Morgan fingerprint density at radius 2 is 2.15 bits per heavy atom. The molecule has 0 unspecified atom stereocenters. The molecule has 112 valence electrons. The van der Waals surface area contributed by atoms with Gasteiger partial charge in [0.25, 0.3) is 0 Å². The summed E-state index contributed by atoms with van der Waals surface area (Å²) in [5, 5.41) is 4.91. The van der Waals surface area contributed by atoms with E-state index in [1.54, 1.807) is 0 Å². The number of ether oxygens (including phenoxy) is 1. The summed E-state index contributed by atoms with van der Waals surface area (Å²) in [6, 6.07) is 0.772. The van der Waals surface area contributed by atoms with Crippen LogP contribution in [0.3, 0.4) is 0 Å². The molecule has 0 bridgehead atoms. The molecule has 2 fully saturated rings. The largest absolute Gasteiger partial charge is 0.379 e. The molecule has 1 aromatic heterocycles. The average Bonchev–Trinajstić information content (AvgIpc) is 3.22. The zero-order valence-electron chi connectivity index (χ0n) is 12.4. The lowest BCUT2D eigenvalue weighted by Gasteiger charge is -2.25. The molecule has 0 aromatic carbocycles. The van der Waals surface area contributed by atoms with E-state index < -0.39 is 0 Å². The van der Waals surface area contributed by atoms with E-state index in [4.69, 9.17) is 9.72 Å². The van der Waals surface area contributed by atoms with Crippen molar-refractivity contribution in [1.29, 1.82) is 0 Å². The number of rotatable bonds is 7. The molecular weight excluding hydrogens is 270 g/mol. The highest BCUT2D eigenvalue weighted by molar-refractivity contribution is 7.11. The molecule has 2 heterocycles. The molecule has 1 aliphatic heterocycles. The van der Waals surface area contributed by atoms with E-state index in [0.29, 0.717) is 0 Å². The molecule has 2 aliphatic rings. The normalized spacial score (nSPS) is 20.4. The van der Waals surface area contributed by atoms with Crippen LogP contribution in [-0.4, -0.2) is 42.2 Å². The summed E-state index contributed by atoms with van der Waals surface area (Å²) in [6.07, 6.45) is 4.99. The quantitative estimate of drug-likeness (QED) is 0.836. The van der Waals surface area contributed by atoms with Crippen molar-refractivity contribution in [2.75, 3.05) is 26.3 Å². The first-order valence-electron chi connectivity index (χ1n) is 7.86. The molecule has 1 aliphatic carbocycles. The SMILES string of the molecule is CCCc1nc(CN2CCOCC2)sc1CNC1CC1. The van der Waals surface area contributed by atoms with E-state index in [1.165, 1.54) is 34.8 Å². The summed E-state index contributed by atoms with van der Waals surface area (Å²) >= 11 is 1.91. The first kappa shape index (κ1) is 14.4. The molecule has 1 saturated carbocycles. The molecule has 4 nitrogen and oxygen atoms in total. The number of aromatic nitrogens is 1. The Morgan fingerprint density at radius 1 is 1.35 bits per heavy atom. The maximum atomic E-state index is 5.41. The second kappa shape index (κ2) is 6.98. The van der Waals surface area contributed by atoms with Gasteiger partial charge in [0.2, 0.25) is 0 Å². The Labute approximate surface area is 125 Å². The van der Waals surface area contributed by atoms with Crippen LogP contribution in [0, 0.1) is 0 Å². The van der Waals surface area contributed by atoms with Crippen LogP contribution >= 0.6 is 11.3 Å². The van der Waals surface area contributed by atoms with Gasteiger partial charge in [-0.2, -0.15) is 0 Å². The fourth-order valence-corrected chi connectivity index (χ4v) is 3.66. The van der Waals surface area contributed by atoms with Crippen LogP contribution < -0.4 is 5.32 Å². The van der Waals surface area contributed by atoms with Crippen LogP contribution in [0.4, 0.5) is 0 Å². The van der Waals surface area contributed by atoms with Crippen molar-refractivity contribution in [2.24, 2.45) is 0 Å². The van der Waals surface area contributed by atoms with Gasteiger partial charge in [0, 0.05) is 30.6 Å². The van der Waals surface area contributed by atoms with Crippen molar-refractivity contribution in [3.8, 4) is 0 Å². The fourth-order valence-electron chi connectivity index (χ4n) is 2.55. The lowest BCUT2D eigenvalue weighted by molar-refractivity contribution is 0.0341. The molecule has 0 atom stereocenters. The number of morpholine rings is 1. The molecule has 20 heavy (non-hydrogen) atoms. The smallest absolute Gasteiger partial charge is 0.107 e. The minimum absolute atomic E-state index is 0.772. The molecule has 0 spiro atoms. The minimum Gasteiger partial charge on any atom is -0.379 e. The monoisotopic (exact) mass is 295 g/mol. The first-order valence-corrected chi connectivity index (χ1v) is 8.67. The van der Waals surface area contributed by atoms with Gasteiger partial charge in [-0.25, -0.2) is 4.98 Å². The van der Waals surface area contributed by atoms with E-state index >= 15 is 0 Å². The highest BCUT2D eigenvalue weighted by atomic mass is 32.1. The van der Waals surface area contributed by atoms with E-state index in [9.17, 15) is 0 Å². The van der Waals surface area contributed by atoms with Gasteiger partial charge in [0.1, 0.15) is 5.01 Å². The molecule has 0 amide bonds. The zero-order valence-corrected chi connectivity index (χ0v) is 13.2. The second-order valence-electron chi connectivity index (χ2n) is 5.77. The fraction of sp³-hybridized carbons (Fsp3) is 0.800. The van der Waals surface area contributed by atoms with Crippen LogP contribution in [0.1, 0.15) is 41.8 Å². The highest BCUT2D eigenvalue weighted by Gasteiger charge is 2.22. The predicted octanol–water partition coefficient (Wildman–Crippen LogP) is 2.18. The van der Waals surface area contributed by atoms with Crippen LogP contribution in [0.15, 0.2) is 0 Å². The summed E-state index contributed by atoms with van der Waals surface area (Å²) in [5.74, 6) is 0. The summed E-state index contributed by atoms with van der Waals surface area (Å²) in [6.45, 7) is 8.05. The Bertz CT molecular complexity index is 425. The van der Waals surface area contributed by atoms with Crippen LogP contribution in [0.5, 0.6) is 0 Å². The number of thiazole rings is 1. The lowest BCUT2D eigenvalue weighted by Crippen LogP contribution is -2.35. The molecule has 1 saturated heterocycles. The van der Waals surface area contributed by atoms with E-state index in [-0.39, 0.29) is 0 Å². The second-order valence-corrected chi connectivity index (χ2v) is 6.94. The predicted molar refractivity (Wildman–Crippen MR) is 82.1 cm³/mol. The van der Waals surface area contributed by atoms with Gasteiger partial charge in [-0.3, -0.25) is 4.90 Å². The Balaban J connectivity index is 1.61. The average molecular weight is 295 g/mol. The standard InChI is InChI=1S/C15H25N3OS/c1-2-3-13-14(10-16-12-4-5-12)20-15(17-13)11-18-6-8-19-9-7-18/h12,16H,2-11H2,1H3. The maximum absolute atomic E-state index is 5.41. The molecule has 1 aromatic rings. The Morgan fingerprint density at radius 3 is 2.85 bits per heavy atom. The van der Waals surface area contributed by atoms with Gasteiger partial charge >= 0.3 is 0 Å². The third-order valence-corrected chi connectivity index (χ3v) is 4.98. The Kier molecular flexibility index (Phi) is 5.04. The molecule has 0 radical (unpaired) electrons. The highest BCUT2D eigenvalue weighted by Crippen LogP contribution is 2.24. The third-order valence-electron chi connectivity index (χ3n) is 3.90. The Hall–Kier alpha value is -0.490. The third kappa shape index (κ3) is 4.01. The first-order chi connectivity index (χ1) is 9.85. The number of nitrogens with one attached hydrogen (secondary N) is 1. The van der Waals surface area contributed by atoms with Crippen molar-refractivity contribution in [3.63, 3.8) is 0 Å². The van der Waals surface area contributed by atoms with Crippen LogP contribution in [0.2, 0.25) is 0 Å². The zero-order chi connectivity index (χ0) is 13.8. The molecule has 5 heteroatoms. The molecule has 3 rings (SSSR count). The van der Waals surface area contributed by atoms with Crippen molar-refractivity contribution >= 4 is 11.3 Å².